The van der Waals surface area contributed by atoms with Crippen LogP contribution in [0.1, 0.15) is 35.2 Å². The zero-order valence-corrected chi connectivity index (χ0v) is 19.3. The maximum atomic E-state index is 13.4. The van der Waals surface area contributed by atoms with Crippen LogP contribution in [0, 0.1) is 16.7 Å². The zero-order chi connectivity index (χ0) is 26.8. The normalized spacial score (nSPS) is 16.1. The molecule has 1 heterocycles. The van der Waals surface area contributed by atoms with E-state index in [4.69, 9.17) is 15.9 Å². The number of aliphatic hydroxyl groups is 1. The van der Waals surface area contributed by atoms with E-state index in [1.54, 1.807) is 0 Å². The number of anilines is 1. The molecule has 2 aromatic rings. The van der Waals surface area contributed by atoms with Gasteiger partial charge in [0.1, 0.15) is 6.04 Å². The quantitative estimate of drug-likeness (QED) is 0.536. The van der Waals surface area contributed by atoms with Crippen LogP contribution >= 0.6 is 0 Å². The number of nitrogens with one attached hydrogen (secondary N) is 1. The first-order chi connectivity index (χ1) is 17.0. The molecule has 0 unspecified atom stereocenters. The number of amides is 2. The number of carbonyl (C=O) groups is 2. The van der Waals surface area contributed by atoms with Crippen LogP contribution in [0.2, 0.25) is 0 Å². The molecule has 36 heavy (non-hydrogen) atoms. The Labute approximate surface area is 204 Å². The number of carbonyl (C=O) groups excluding carboxylic acids is 2. The van der Waals surface area contributed by atoms with E-state index in [0.717, 1.165) is 35.1 Å². The number of primary amides is 1. The van der Waals surface area contributed by atoms with Gasteiger partial charge < -0.3 is 15.6 Å². The number of alkyl halides is 3. The number of hydrogen-bond donors (Lipinski definition) is 3. The molecule has 0 aliphatic carbocycles. The Kier molecular flexibility index (Phi) is 7.35. The summed E-state index contributed by atoms with van der Waals surface area (Å²) in [6.07, 6.45) is -4.63. The zero-order valence-electron chi connectivity index (χ0n) is 19.3. The van der Waals surface area contributed by atoms with Gasteiger partial charge in [0.25, 0.3) is 0 Å². The average molecular weight is 501 g/mol. The number of rotatable bonds is 5. The van der Waals surface area contributed by atoms with Crippen LogP contribution in [0.3, 0.4) is 0 Å². The van der Waals surface area contributed by atoms with E-state index in [0.29, 0.717) is 5.56 Å². The Morgan fingerprint density at radius 3 is 2.50 bits per heavy atom. The smallest absolute Gasteiger partial charge is 0.416 e. The Hall–Kier alpha value is -4.37. The lowest BCUT2D eigenvalue weighted by molar-refractivity contribution is -0.138. The summed E-state index contributed by atoms with van der Waals surface area (Å²) >= 11 is 0. The van der Waals surface area contributed by atoms with Crippen molar-refractivity contribution < 1.29 is 32.6 Å². The van der Waals surface area contributed by atoms with Crippen molar-refractivity contribution in [3.8, 4) is 6.07 Å². The van der Waals surface area contributed by atoms with Crippen molar-refractivity contribution in [3.05, 3.63) is 76.0 Å². The summed E-state index contributed by atoms with van der Waals surface area (Å²) in [6, 6.07) is 7.93. The van der Waals surface area contributed by atoms with E-state index in [9.17, 15) is 33.1 Å². The van der Waals surface area contributed by atoms with Gasteiger partial charge in [0, 0.05) is 18.0 Å². The number of esters is 1. The van der Waals surface area contributed by atoms with Crippen LogP contribution in [-0.2, 0) is 22.1 Å². The van der Waals surface area contributed by atoms with Crippen molar-refractivity contribution in [1.82, 2.24) is 4.90 Å². The summed E-state index contributed by atoms with van der Waals surface area (Å²) in [5.41, 5.74) is 5.31. The number of benzene rings is 2. The van der Waals surface area contributed by atoms with Gasteiger partial charge in [0.2, 0.25) is 5.96 Å². The highest BCUT2D eigenvalue weighted by Gasteiger charge is 2.44. The summed E-state index contributed by atoms with van der Waals surface area (Å²) in [4.78, 5) is 27.4. The van der Waals surface area contributed by atoms with Crippen molar-refractivity contribution in [2.45, 2.75) is 25.6 Å². The molecule has 0 aromatic heterocycles. The summed E-state index contributed by atoms with van der Waals surface area (Å²) in [6.45, 7) is 1.08. The standard InChI is InChI=1S/C24H22F3N5O4/c1-13-19(21(34)36-2)20(18-7-6-14(12-28)10-15(18)8-9-33)32(23(30)35)22(29)31(13)17-5-3-4-16(11-17)24(25,26)27/h3-7,10-11,20,29,33H,8-9H2,1-2H3,(H2,30,35)/t20-/m1/s1. The summed E-state index contributed by atoms with van der Waals surface area (Å²) in [5, 5.41) is 27.6. The number of nitrogens with two attached hydrogens (primary N) is 1. The molecule has 2 aromatic carbocycles. The van der Waals surface area contributed by atoms with Crippen molar-refractivity contribution in [2.75, 3.05) is 18.6 Å². The molecule has 0 saturated carbocycles. The van der Waals surface area contributed by atoms with Crippen LogP contribution in [0.4, 0.5) is 23.7 Å². The highest BCUT2D eigenvalue weighted by atomic mass is 19.4. The van der Waals surface area contributed by atoms with Crippen LogP contribution in [-0.4, -0.2) is 41.7 Å². The molecule has 0 fully saturated rings. The van der Waals surface area contributed by atoms with Gasteiger partial charge in [-0.25, -0.2) is 9.59 Å². The number of hydrogen-bond acceptors (Lipinski definition) is 6. The van der Waals surface area contributed by atoms with Gasteiger partial charge in [0.15, 0.2) is 0 Å². The third kappa shape index (κ3) is 4.73. The van der Waals surface area contributed by atoms with Gasteiger partial charge in [-0.15, -0.1) is 0 Å². The predicted octanol–water partition coefficient (Wildman–Crippen LogP) is 3.44. The van der Waals surface area contributed by atoms with Gasteiger partial charge in [-0.1, -0.05) is 12.1 Å². The highest BCUT2D eigenvalue weighted by molar-refractivity contribution is 6.10. The lowest BCUT2D eigenvalue weighted by Gasteiger charge is -2.43. The van der Waals surface area contributed by atoms with Gasteiger partial charge in [0.05, 0.1) is 29.9 Å². The third-order valence-electron chi connectivity index (χ3n) is 5.72. The molecule has 1 aliphatic rings. The van der Waals surface area contributed by atoms with Crippen molar-refractivity contribution in [3.63, 3.8) is 0 Å². The number of nitriles is 1. The van der Waals surface area contributed by atoms with Gasteiger partial charge in [-0.2, -0.15) is 18.4 Å². The summed E-state index contributed by atoms with van der Waals surface area (Å²) in [7, 11) is 1.09. The van der Waals surface area contributed by atoms with Gasteiger partial charge >= 0.3 is 18.2 Å². The molecule has 12 heteroatoms. The number of allylic oxidation sites excluding steroid dienone is 1. The topological polar surface area (TPSA) is 144 Å². The number of halogens is 3. The SMILES string of the molecule is COC(=O)C1=C(C)N(c2cccc(C(F)(F)F)c2)C(=N)N(C(N)=O)[C@@H]1c1ccc(C#N)cc1CCO. The first-order valence-corrected chi connectivity index (χ1v) is 10.5. The van der Waals surface area contributed by atoms with E-state index in [1.807, 2.05) is 6.07 Å². The predicted molar refractivity (Wildman–Crippen MR) is 122 cm³/mol. The molecule has 0 spiro atoms. The highest BCUT2D eigenvalue weighted by Crippen LogP contribution is 2.42. The second kappa shape index (κ2) is 10.1. The second-order valence-electron chi connectivity index (χ2n) is 7.81. The van der Waals surface area contributed by atoms with Crippen LogP contribution < -0.4 is 10.6 Å². The molecule has 2 amide bonds. The largest absolute Gasteiger partial charge is 0.466 e. The van der Waals surface area contributed by atoms with Crippen molar-refractivity contribution in [1.29, 1.82) is 10.7 Å². The molecular weight excluding hydrogens is 479 g/mol. The first kappa shape index (κ1) is 26.2. The third-order valence-corrected chi connectivity index (χ3v) is 5.72. The molecule has 9 nitrogen and oxygen atoms in total. The Bertz CT molecular complexity index is 1300. The van der Waals surface area contributed by atoms with E-state index in [-0.39, 0.29) is 41.1 Å². The van der Waals surface area contributed by atoms with Crippen molar-refractivity contribution in [2.24, 2.45) is 5.73 Å². The minimum absolute atomic E-state index is 0.0352. The van der Waals surface area contributed by atoms with Gasteiger partial charge in [-0.3, -0.25) is 15.2 Å². The van der Waals surface area contributed by atoms with E-state index in [2.05, 4.69) is 0 Å². The molecule has 0 saturated heterocycles. The van der Waals surface area contributed by atoms with Gasteiger partial charge in [-0.05, 0) is 54.8 Å². The van der Waals surface area contributed by atoms with E-state index in [1.165, 1.54) is 31.2 Å². The molecule has 0 radical (unpaired) electrons. The van der Waals surface area contributed by atoms with E-state index < -0.39 is 35.7 Å². The van der Waals surface area contributed by atoms with Crippen LogP contribution in [0.25, 0.3) is 0 Å². The fraction of sp³-hybridized carbons (Fsp3) is 0.250. The monoisotopic (exact) mass is 501 g/mol. The molecule has 188 valence electrons. The van der Waals surface area contributed by atoms with Crippen molar-refractivity contribution >= 4 is 23.6 Å². The summed E-state index contributed by atoms with van der Waals surface area (Å²) in [5.74, 6) is -1.51. The molecule has 4 N–H and O–H groups in total. The lowest BCUT2D eigenvalue weighted by Crippen LogP contribution is -2.55. The fourth-order valence-corrected chi connectivity index (χ4v) is 4.15. The molecular formula is C24H22F3N5O4. The average Bonchev–Trinajstić information content (AvgIpc) is 2.83. The molecule has 0 bridgehead atoms. The Morgan fingerprint density at radius 2 is 1.94 bits per heavy atom. The van der Waals surface area contributed by atoms with Crippen LogP contribution in [0.5, 0.6) is 0 Å². The number of urea groups is 1. The molecule has 3 rings (SSSR count). The summed E-state index contributed by atoms with van der Waals surface area (Å²) < 4.78 is 45.0. The Balaban J connectivity index is 2.35. The maximum absolute atomic E-state index is 13.4. The maximum Gasteiger partial charge on any atom is 0.416 e. The number of ether oxygens (including phenoxy) is 1. The van der Waals surface area contributed by atoms with Crippen LogP contribution in [0.15, 0.2) is 53.7 Å². The fourth-order valence-electron chi connectivity index (χ4n) is 4.15. The number of aliphatic hydroxyl groups excluding tert-OH is 1. The Morgan fingerprint density at radius 1 is 1.25 bits per heavy atom. The number of methoxy groups -OCH3 is 1. The second-order valence-corrected chi connectivity index (χ2v) is 7.81. The lowest BCUT2D eigenvalue weighted by atomic mass is 9.88. The number of guanidine groups is 1. The first-order valence-electron chi connectivity index (χ1n) is 10.5. The minimum atomic E-state index is -4.68. The minimum Gasteiger partial charge on any atom is -0.466 e. The number of nitrogens with zero attached hydrogens (tertiary/aromatic N) is 3. The van der Waals surface area contributed by atoms with E-state index >= 15 is 0 Å². The molecule has 1 atom stereocenters. The molecule has 1 aliphatic heterocycles.